The Hall–Kier alpha value is -3.74. The molecule has 0 spiro atoms. The normalized spacial score (nSPS) is 10.5. The molecule has 0 amide bonds. The molecule has 0 fully saturated rings. The van der Waals surface area contributed by atoms with Crippen LogP contribution in [0.25, 0.3) is 5.69 Å². The van der Waals surface area contributed by atoms with Gasteiger partial charge in [0, 0.05) is 12.4 Å². The predicted molar refractivity (Wildman–Crippen MR) is 104 cm³/mol. The molecule has 7 heteroatoms. The first-order valence-corrected chi connectivity index (χ1v) is 8.68. The molecule has 27 heavy (non-hydrogen) atoms. The summed E-state index contributed by atoms with van der Waals surface area (Å²) in [6, 6.07) is 21.5. The Morgan fingerprint density at radius 2 is 1.33 bits per heavy atom. The highest BCUT2D eigenvalue weighted by Crippen LogP contribution is 2.17. The summed E-state index contributed by atoms with van der Waals surface area (Å²) in [5, 5.41) is 11.1. The van der Waals surface area contributed by atoms with E-state index < -0.39 is 0 Å². The van der Waals surface area contributed by atoms with Crippen LogP contribution in [0.4, 0.5) is 11.9 Å². The molecule has 0 unspecified atom stereocenters. The van der Waals surface area contributed by atoms with Crippen molar-refractivity contribution in [2.24, 2.45) is 0 Å². The van der Waals surface area contributed by atoms with Crippen LogP contribution in [-0.4, -0.2) is 24.7 Å². The lowest BCUT2D eigenvalue weighted by molar-refractivity contribution is 0.865. The summed E-state index contributed by atoms with van der Waals surface area (Å²) in [4.78, 5) is 13.2. The second-order valence-corrected chi connectivity index (χ2v) is 5.86. The number of para-hydroxylation sites is 1. The van der Waals surface area contributed by atoms with Crippen molar-refractivity contribution in [1.29, 1.82) is 0 Å². The lowest BCUT2D eigenvalue weighted by Gasteiger charge is -2.07. The number of anilines is 2. The molecule has 0 atom stereocenters. The van der Waals surface area contributed by atoms with Crippen LogP contribution in [0.3, 0.4) is 0 Å². The van der Waals surface area contributed by atoms with Gasteiger partial charge >= 0.3 is 0 Å². The van der Waals surface area contributed by atoms with Crippen LogP contribution in [-0.2, 0) is 13.1 Å². The van der Waals surface area contributed by atoms with Crippen LogP contribution < -0.4 is 10.6 Å². The topological polar surface area (TPSA) is 80.5 Å². The summed E-state index contributed by atoms with van der Waals surface area (Å²) in [6.45, 7) is 1.12. The van der Waals surface area contributed by atoms with E-state index in [0.29, 0.717) is 25.0 Å². The highest BCUT2D eigenvalue weighted by atomic mass is 15.4. The Labute approximate surface area is 157 Å². The molecule has 1 aromatic carbocycles. The molecule has 0 saturated heterocycles. The molecule has 134 valence electrons. The van der Waals surface area contributed by atoms with Crippen molar-refractivity contribution in [3.05, 3.63) is 90.5 Å². The van der Waals surface area contributed by atoms with Crippen LogP contribution in [0, 0.1) is 0 Å². The van der Waals surface area contributed by atoms with Crippen molar-refractivity contribution in [2.75, 3.05) is 10.6 Å². The SMILES string of the molecule is c1ccc(-n2nc(NCc3ccccn3)nc2NCc2ccccn2)cc1. The van der Waals surface area contributed by atoms with Gasteiger partial charge in [-0.1, -0.05) is 30.3 Å². The minimum Gasteiger partial charge on any atom is -0.348 e. The number of nitrogens with zero attached hydrogens (tertiary/aromatic N) is 5. The molecule has 7 nitrogen and oxygen atoms in total. The predicted octanol–water partition coefficient (Wildman–Crippen LogP) is 3.28. The fraction of sp³-hybridized carbons (Fsp3) is 0.100. The molecule has 3 aromatic heterocycles. The Morgan fingerprint density at radius 3 is 1.96 bits per heavy atom. The minimum atomic E-state index is 0.535. The van der Waals surface area contributed by atoms with Crippen LogP contribution in [0.15, 0.2) is 79.1 Å². The number of pyridine rings is 2. The molecule has 0 radical (unpaired) electrons. The van der Waals surface area contributed by atoms with Crippen LogP contribution in [0.1, 0.15) is 11.4 Å². The lowest BCUT2D eigenvalue weighted by Crippen LogP contribution is -2.08. The van der Waals surface area contributed by atoms with Gasteiger partial charge in [-0.25, -0.2) is 0 Å². The molecular formula is C20H19N7. The van der Waals surface area contributed by atoms with E-state index in [0.717, 1.165) is 17.1 Å². The summed E-state index contributed by atoms with van der Waals surface area (Å²) in [5.74, 6) is 1.18. The maximum absolute atomic E-state index is 4.59. The van der Waals surface area contributed by atoms with E-state index in [1.54, 1.807) is 17.1 Å². The van der Waals surface area contributed by atoms with Gasteiger partial charge in [-0.05, 0) is 36.4 Å². The Kier molecular flexibility index (Phi) is 5.01. The van der Waals surface area contributed by atoms with Gasteiger partial charge in [-0.3, -0.25) is 9.97 Å². The maximum atomic E-state index is 4.59. The molecule has 2 N–H and O–H groups in total. The fourth-order valence-electron chi connectivity index (χ4n) is 2.60. The van der Waals surface area contributed by atoms with Gasteiger partial charge in [0.05, 0.1) is 30.2 Å². The van der Waals surface area contributed by atoms with Gasteiger partial charge in [0.25, 0.3) is 0 Å². The zero-order valence-corrected chi connectivity index (χ0v) is 14.7. The maximum Gasteiger partial charge on any atom is 0.244 e. The number of benzene rings is 1. The van der Waals surface area contributed by atoms with Gasteiger partial charge in [-0.2, -0.15) is 9.67 Å². The van der Waals surface area contributed by atoms with Crippen molar-refractivity contribution in [3.63, 3.8) is 0 Å². The van der Waals surface area contributed by atoms with E-state index in [2.05, 4.69) is 30.7 Å². The van der Waals surface area contributed by atoms with Crippen LogP contribution in [0.5, 0.6) is 0 Å². The molecule has 4 aromatic rings. The molecule has 0 aliphatic carbocycles. The summed E-state index contributed by atoms with van der Waals surface area (Å²) in [5.41, 5.74) is 2.79. The third-order valence-corrected chi connectivity index (χ3v) is 3.92. The first kappa shape index (κ1) is 16.7. The van der Waals surface area contributed by atoms with E-state index in [4.69, 9.17) is 0 Å². The Bertz CT molecular complexity index is 969. The van der Waals surface area contributed by atoms with Gasteiger partial charge in [-0.15, -0.1) is 5.10 Å². The van der Waals surface area contributed by atoms with Crippen molar-refractivity contribution < 1.29 is 0 Å². The van der Waals surface area contributed by atoms with Gasteiger partial charge in [0.2, 0.25) is 11.9 Å². The highest BCUT2D eigenvalue weighted by Gasteiger charge is 2.11. The number of hydrogen-bond acceptors (Lipinski definition) is 6. The van der Waals surface area contributed by atoms with Gasteiger partial charge < -0.3 is 10.6 Å². The summed E-state index contributed by atoms with van der Waals surface area (Å²) < 4.78 is 1.78. The zero-order chi connectivity index (χ0) is 18.3. The van der Waals surface area contributed by atoms with E-state index in [1.165, 1.54) is 0 Å². The number of rotatable bonds is 7. The smallest absolute Gasteiger partial charge is 0.244 e. The molecule has 0 saturated carbocycles. The van der Waals surface area contributed by atoms with Gasteiger partial charge in [0.1, 0.15) is 0 Å². The van der Waals surface area contributed by atoms with E-state index in [1.807, 2.05) is 66.7 Å². The standard InChI is InChI=1S/C20H19N7/c1-2-10-18(11-3-1)27-20(24-15-17-9-5-7-13-22-17)25-19(26-27)23-14-16-8-4-6-12-21-16/h1-13H,14-15H2,(H2,23,24,25,26). The number of nitrogens with one attached hydrogen (secondary N) is 2. The number of aromatic nitrogens is 5. The molecule has 3 heterocycles. The largest absolute Gasteiger partial charge is 0.348 e. The summed E-state index contributed by atoms with van der Waals surface area (Å²) in [6.07, 6.45) is 3.55. The second kappa shape index (κ2) is 8.09. The minimum absolute atomic E-state index is 0.535. The fourth-order valence-corrected chi connectivity index (χ4v) is 2.60. The van der Waals surface area contributed by atoms with Crippen molar-refractivity contribution >= 4 is 11.9 Å². The third kappa shape index (κ3) is 4.27. The van der Waals surface area contributed by atoms with Crippen molar-refractivity contribution in [3.8, 4) is 5.69 Å². The Balaban J connectivity index is 1.55. The molecule has 0 bridgehead atoms. The van der Waals surface area contributed by atoms with Crippen LogP contribution >= 0.6 is 0 Å². The second-order valence-electron chi connectivity index (χ2n) is 5.86. The number of hydrogen-bond donors (Lipinski definition) is 2. The lowest BCUT2D eigenvalue weighted by atomic mass is 10.3. The quantitative estimate of drug-likeness (QED) is 0.528. The Morgan fingerprint density at radius 1 is 0.704 bits per heavy atom. The van der Waals surface area contributed by atoms with E-state index in [9.17, 15) is 0 Å². The molecule has 4 rings (SSSR count). The average molecular weight is 357 g/mol. The molecular weight excluding hydrogens is 338 g/mol. The van der Waals surface area contributed by atoms with E-state index in [-0.39, 0.29) is 0 Å². The van der Waals surface area contributed by atoms with E-state index >= 15 is 0 Å². The molecule has 0 aliphatic rings. The zero-order valence-electron chi connectivity index (χ0n) is 14.7. The monoisotopic (exact) mass is 357 g/mol. The molecule has 0 aliphatic heterocycles. The van der Waals surface area contributed by atoms with Crippen molar-refractivity contribution in [1.82, 2.24) is 24.7 Å². The summed E-state index contributed by atoms with van der Waals surface area (Å²) in [7, 11) is 0. The first-order chi connectivity index (χ1) is 13.4. The van der Waals surface area contributed by atoms with Crippen molar-refractivity contribution in [2.45, 2.75) is 13.1 Å². The van der Waals surface area contributed by atoms with Crippen LogP contribution in [0.2, 0.25) is 0 Å². The summed E-state index contributed by atoms with van der Waals surface area (Å²) >= 11 is 0. The average Bonchev–Trinajstić information content (AvgIpc) is 3.16. The van der Waals surface area contributed by atoms with Gasteiger partial charge in [0.15, 0.2) is 0 Å². The third-order valence-electron chi connectivity index (χ3n) is 3.92. The first-order valence-electron chi connectivity index (χ1n) is 8.68. The highest BCUT2D eigenvalue weighted by molar-refractivity contribution is 5.44.